The quantitative estimate of drug-likeness (QED) is 0.625. The smallest absolute Gasteiger partial charge is 0.353 e. The van der Waals surface area contributed by atoms with Gasteiger partial charge in [0.25, 0.3) is 0 Å². The number of rotatable bonds is 2. The summed E-state index contributed by atoms with van der Waals surface area (Å²) in [6, 6.07) is 0. The van der Waals surface area contributed by atoms with Gasteiger partial charge in [0.15, 0.2) is 0 Å². The van der Waals surface area contributed by atoms with Crippen molar-refractivity contribution in [1.29, 1.82) is 0 Å². The minimum absolute atomic E-state index is 0.0156. The Morgan fingerprint density at radius 1 is 1.71 bits per heavy atom. The maximum absolute atomic E-state index is 11.4. The van der Waals surface area contributed by atoms with E-state index in [1.165, 1.54) is 22.1 Å². The molecule has 76 valence electrons. The molecule has 0 spiro atoms. The van der Waals surface area contributed by atoms with Crippen LogP contribution in [0.25, 0.3) is 0 Å². The molecule has 2 aliphatic rings. The third-order valence-corrected chi connectivity index (χ3v) is 3.54. The van der Waals surface area contributed by atoms with Crippen LogP contribution >= 0.6 is 11.8 Å². The normalized spacial score (nSPS) is 32.0. The maximum atomic E-state index is 11.4. The number of fused-ring (bicyclic) bond motifs is 1. The number of amides is 1. The van der Waals surface area contributed by atoms with Gasteiger partial charge in [-0.2, -0.15) is 0 Å². The third kappa shape index (κ3) is 1.07. The van der Waals surface area contributed by atoms with Gasteiger partial charge in [-0.1, -0.05) is 0 Å². The van der Waals surface area contributed by atoms with E-state index < -0.39 is 18.0 Å². The first-order valence-corrected chi connectivity index (χ1v) is 5.08. The Balaban J connectivity index is 2.17. The van der Waals surface area contributed by atoms with Gasteiger partial charge >= 0.3 is 5.97 Å². The van der Waals surface area contributed by atoms with E-state index in [0.29, 0.717) is 0 Å². The summed E-state index contributed by atoms with van der Waals surface area (Å²) in [4.78, 5) is 23.4. The molecule has 1 fully saturated rings. The number of carboxylic acids is 1. The van der Waals surface area contributed by atoms with Crippen molar-refractivity contribution in [2.45, 2.75) is 18.4 Å². The highest BCUT2D eigenvalue weighted by atomic mass is 32.2. The van der Waals surface area contributed by atoms with Gasteiger partial charge in [-0.15, -0.1) is 11.8 Å². The summed E-state index contributed by atoms with van der Waals surface area (Å²) >= 11 is 1.27. The number of β-lactam (4-membered cyclic amide) rings is 1. The highest BCUT2D eigenvalue weighted by Crippen LogP contribution is 2.45. The summed E-state index contributed by atoms with van der Waals surface area (Å²) in [5, 5.41) is 19.2. The lowest BCUT2D eigenvalue weighted by Crippen LogP contribution is -2.60. The predicted octanol–water partition coefficient (Wildman–Crippen LogP) is -0.176. The van der Waals surface area contributed by atoms with Crippen molar-refractivity contribution in [3.8, 4) is 0 Å². The number of carbonyl (C=O) groups excluding carboxylic acids is 1. The molecule has 1 unspecified atom stereocenters. The largest absolute Gasteiger partial charge is 0.477 e. The number of hydrogen-bond donors (Lipinski definition) is 2. The van der Waals surface area contributed by atoms with Gasteiger partial charge in [-0.3, -0.25) is 9.69 Å². The molecule has 14 heavy (non-hydrogen) atoms. The molecule has 2 rings (SSSR count). The fourth-order valence-corrected chi connectivity index (χ4v) is 3.01. The van der Waals surface area contributed by atoms with Crippen molar-refractivity contribution < 1.29 is 19.8 Å². The molecule has 0 aromatic carbocycles. The Kier molecular flexibility index (Phi) is 2.04. The van der Waals surface area contributed by atoms with Crippen LogP contribution in [0.3, 0.4) is 0 Å². The van der Waals surface area contributed by atoms with E-state index in [9.17, 15) is 14.7 Å². The van der Waals surface area contributed by atoms with Crippen LogP contribution in [0.15, 0.2) is 11.1 Å². The van der Waals surface area contributed by atoms with Crippen LogP contribution in [0.5, 0.6) is 0 Å². The lowest BCUT2D eigenvalue weighted by Gasteiger charge is -2.43. The molecule has 1 amide bonds. The van der Waals surface area contributed by atoms with Crippen LogP contribution in [-0.4, -0.2) is 38.5 Å². The van der Waals surface area contributed by atoms with E-state index in [1.807, 2.05) is 0 Å². The zero-order valence-electron chi connectivity index (χ0n) is 7.38. The summed E-state index contributed by atoms with van der Waals surface area (Å²) in [7, 11) is 0. The van der Waals surface area contributed by atoms with Gasteiger partial charge in [-0.25, -0.2) is 4.79 Å². The Hall–Kier alpha value is -1.01. The van der Waals surface area contributed by atoms with Crippen molar-refractivity contribution >= 4 is 23.6 Å². The van der Waals surface area contributed by atoms with Crippen LogP contribution in [0.4, 0.5) is 0 Å². The maximum Gasteiger partial charge on any atom is 0.353 e. The molecule has 5 nitrogen and oxygen atoms in total. The van der Waals surface area contributed by atoms with E-state index in [-0.39, 0.29) is 17.0 Å². The molecule has 2 heterocycles. The number of thioether (sulfide) groups is 1. The first-order chi connectivity index (χ1) is 6.54. The van der Waals surface area contributed by atoms with E-state index in [1.54, 1.807) is 6.92 Å². The molecule has 6 heteroatoms. The molecule has 2 N–H and O–H groups in total. The molecule has 0 saturated carbocycles. The molecule has 0 aromatic heterocycles. The SMILES string of the molecule is CC(O)[C@H]1C(=O)N2C(C(=O)O)=CS[C@@H]12. The Bertz CT molecular complexity index is 338. The van der Waals surface area contributed by atoms with Crippen LogP contribution in [0.1, 0.15) is 6.92 Å². The van der Waals surface area contributed by atoms with Gasteiger partial charge in [0, 0.05) is 5.41 Å². The fourth-order valence-electron chi connectivity index (χ4n) is 1.68. The summed E-state index contributed by atoms with van der Waals surface area (Å²) in [6.45, 7) is 1.54. The van der Waals surface area contributed by atoms with Crippen LogP contribution < -0.4 is 0 Å². The van der Waals surface area contributed by atoms with Gasteiger partial charge in [0.1, 0.15) is 11.1 Å². The minimum atomic E-state index is -1.10. The molecule has 0 aliphatic carbocycles. The Labute approximate surface area is 84.4 Å². The highest BCUT2D eigenvalue weighted by Gasteiger charge is 2.55. The number of aliphatic carboxylic acids is 1. The fraction of sp³-hybridized carbons (Fsp3) is 0.500. The molecule has 0 aromatic rings. The second kappa shape index (κ2) is 2.99. The zero-order chi connectivity index (χ0) is 10.5. The number of aliphatic hydroxyl groups is 1. The van der Waals surface area contributed by atoms with Gasteiger partial charge in [-0.05, 0) is 6.92 Å². The summed E-state index contributed by atoms with van der Waals surface area (Å²) in [5.74, 6) is -1.87. The van der Waals surface area contributed by atoms with E-state index in [0.717, 1.165) is 0 Å². The first-order valence-electron chi connectivity index (χ1n) is 4.14. The summed E-state index contributed by atoms with van der Waals surface area (Å²) in [6.07, 6.45) is -0.724. The molecule has 3 atom stereocenters. The molecule has 0 bridgehead atoms. The molecule has 2 aliphatic heterocycles. The Morgan fingerprint density at radius 3 is 2.86 bits per heavy atom. The topological polar surface area (TPSA) is 77.8 Å². The third-order valence-electron chi connectivity index (χ3n) is 2.40. The summed E-state index contributed by atoms with van der Waals surface area (Å²) in [5.41, 5.74) is 0.0156. The molecule has 1 saturated heterocycles. The zero-order valence-corrected chi connectivity index (χ0v) is 8.19. The van der Waals surface area contributed by atoms with Gasteiger partial charge < -0.3 is 10.2 Å². The van der Waals surface area contributed by atoms with Crippen molar-refractivity contribution in [2.24, 2.45) is 5.92 Å². The average Bonchev–Trinajstić information content (AvgIpc) is 2.42. The van der Waals surface area contributed by atoms with Crippen molar-refractivity contribution in [3.05, 3.63) is 11.1 Å². The van der Waals surface area contributed by atoms with E-state index in [2.05, 4.69) is 0 Å². The average molecular weight is 215 g/mol. The molecular weight excluding hydrogens is 206 g/mol. The van der Waals surface area contributed by atoms with Crippen molar-refractivity contribution in [3.63, 3.8) is 0 Å². The summed E-state index contributed by atoms with van der Waals surface area (Å²) < 4.78 is 0. The molecule has 0 radical (unpaired) electrons. The lowest BCUT2D eigenvalue weighted by molar-refractivity contribution is -0.156. The first kappa shape index (κ1) is 9.54. The predicted molar refractivity (Wildman–Crippen MR) is 49.1 cm³/mol. The Morgan fingerprint density at radius 2 is 2.36 bits per heavy atom. The number of hydrogen-bond acceptors (Lipinski definition) is 4. The van der Waals surface area contributed by atoms with Crippen molar-refractivity contribution in [1.82, 2.24) is 4.90 Å². The van der Waals surface area contributed by atoms with Crippen LogP contribution in [-0.2, 0) is 9.59 Å². The van der Waals surface area contributed by atoms with Crippen LogP contribution in [0.2, 0.25) is 0 Å². The standard InChI is InChI=1S/C8H9NO4S/c1-3(10)5-6(11)9-4(8(12)13)2-14-7(5)9/h2-3,5,7,10H,1H3,(H,12,13)/t3?,5-,7-/m0/s1. The second-order valence-electron chi connectivity index (χ2n) is 3.31. The van der Waals surface area contributed by atoms with Gasteiger partial charge in [0.05, 0.1) is 12.0 Å². The highest BCUT2D eigenvalue weighted by molar-refractivity contribution is 8.03. The minimum Gasteiger partial charge on any atom is -0.477 e. The van der Waals surface area contributed by atoms with E-state index >= 15 is 0 Å². The van der Waals surface area contributed by atoms with Gasteiger partial charge in [0.2, 0.25) is 5.91 Å². The number of carbonyl (C=O) groups is 2. The lowest BCUT2D eigenvalue weighted by atomic mass is 9.92. The number of nitrogens with zero attached hydrogens (tertiary/aromatic N) is 1. The number of carboxylic acid groups (broad SMARTS) is 1. The monoisotopic (exact) mass is 215 g/mol. The van der Waals surface area contributed by atoms with Crippen molar-refractivity contribution in [2.75, 3.05) is 0 Å². The molecular formula is C8H9NO4S. The van der Waals surface area contributed by atoms with Crippen LogP contribution in [0, 0.1) is 5.92 Å². The number of aliphatic hydroxyl groups excluding tert-OH is 1. The van der Waals surface area contributed by atoms with E-state index in [4.69, 9.17) is 5.11 Å². The second-order valence-corrected chi connectivity index (χ2v) is 4.30.